The summed E-state index contributed by atoms with van der Waals surface area (Å²) in [7, 11) is -7.87. The van der Waals surface area contributed by atoms with Crippen molar-refractivity contribution in [3.05, 3.63) is 103 Å². The molecule has 6 aromatic heterocycles. The van der Waals surface area contributed by atoms with Crippen molar-refractivity contribution in [3.63, 3.8) is 0 Å². The van der Waals surface area contributed by atoms with E-state index in [9.17, 15) is 21.4 Å². The van der Waals surface area contributed by atoms with E-state index >= 15 is 0 Å². The standard InChI is InChI=1S/C30H14N10.C12H17N7O8S3.C2H6.Cu/c1-3-9-17-15(7-1)23-33-25(17)37-29-22-20(12-6-14-32-22)28(40-29)36-24-16-8-2-4-10-18(16)26(34-24)38-30-21-19(11-5-13-31-21)27(35-23)39-30;1-29(21,22)15-5-4-14-11-17-10(13)18-12(19-11)16-8-6-7(30(23,24)25)2-3-9(8)28-27-26-20;1-2;/h1-14H;2-3,6,15,20H,4-5H2,1H3,(H,23,24,25)(H4,13,14,16,17,18,19);1-2H3;/q-2;;;+2. The van der Waals surface area contributed by atoms with E-state index in [4.69, 9.17) is 50.9 Å². The van der Waals surface area contributed by atoms with Gasteiger partial charge in [0.2, 0.25) is 27.9 Å². The Labute approximate surface area is 428 Å². The van der Waals surface area contributed by atoms with E-state index in [0.717, 1.165) is 51.1 Å². The SMILES string of the molecule is CC.CS(=O)(=O)NCCNc1nc(N)nc(Nc2cc(S(=O)(=O)O)ccc2SOOO)n1.[Cu+2].c1cnc2c(c1)-c1nc-2nc2[n-]c(nc3nc(nc4[n-]c(n1)c1ccccc41)-c1ncccc1-3)c1ccccc21. The molecule has 9 aromatic rings. The summed E-state index contributed by atoms with van der Waals surface area (Å²) in [4.78, 5) is 59.4. The molecule has 0 saturated carbocycles. The first-order valence-corrected chi connectivity index (χ1v) is 25.4. The van der Waals surface area contributed by atoms with Crippen LogP contribution in [0.5, 0.6) is 0 Å². The third-order valence-corrected chi connectivity index (χ3v) is 12.4. The van der Waals surface area contributed by atoms with Crippen molar-refractivity contribution < 1.29 is 53.1 Å². The zero-order valence-corrected chi connectivity index (χ0v) is 41.4. The maximum atomic E-state index is 11.4. The maximum Gasteiger partial charge on any atom is 2.00 e. The first kappa shape index (κ1) is 51.6. The van der Waals surface area contributed by atoms with E-state index < -0.39 is 25.0 Å². The Morgan fingerprint density at radius 2 is 1.12 bits per heavy atom. The Kier molecular flexibility index (Phi) is 15.5. The third kappa shape index (κ3) is 11.5. The number of nitrogens with zero attached hydrogens (tertiary/aromatic N) is 13. The number of benzene rings is 3. The van der Waals surface area contributed by atoms with E-state index in [-0.39, 0.29) is 58.6 Å². The fraction of sp³-hybridized carbons (Fsp3) is 0.114. The van der Waals surface area contributed by atoms with Crippen LogP contribution in [0.4, 0.5) is 23.5 Å². The molecule has 0 spiro atoms. The van der Waals surface area contributed by atoms with Gasteiger partial charge in [-0.25, -0.2) is 28.4 Å². The maximum absolute atomic E-state index is 11.4. The summed E-state index contributed by atoms with van der Waals surface area (Å²) >= 11 is 0.519. The van der Waals surface area contributed by atoms with Crippen LogP contribution in [0.3, 0.4) is 0 Å². The molecule has 0 fully saturated rings. The van der Waals surface area contributed by atoms with Gasteiger partial charge in [-0.2, -0.15) is 23.4 Å². The normalized spacial score (nSPS) is 11.6. The minimum Gasteiger partial charge on any atom is -0.368 e. The molecule has 8 bridgehead atoms. The Hall–Kier alpha value is -7.70. The molecule has 0 amide bonds. The first-order valence-electron chi connectivity index (χ1n) is 21.3. The number of hydrogen-bond donors (Lipinski definition) is 6. The summed E-state index contributed by atoms with van der Waals surface area (Å²) in [6.07, 6.45) is 4.45. The Bertz CT molecular complexity index is 3620. The number of nitrogen functional groups attached to an aromatic ring is 1. The summed E-state index contributed by atoms with van der Waals surface area (Å²) < 4.78 is 60.7. The number of hydrogen-bond acceptors (Lipinski definition) is 22. The summed E-state index contributed by atoms with van der Waals surface area (Å²) in [5.41, 5.74) is 10.5. The summed E-state index contributed by atoms with van der Waals surface area (Å²) in [6, 6.07) is 26.7. The minimum absolute atomic E-state index is 0. The largest absolute Gasteiger partial charge is 2.00 e. The van der Waals surface area contributed by atoms with E-state index in [2.05, 4.69) is 49.6 Å². The van der Waals surface area contributed by atoms with Crippen LogP contribution in [-0.2, 0) is 46.6 Å². The van der Waals surface area contributed by atoms with Crippen molar-refractivity contribution >= 4 is 99.9 Å². The molecule has 0 atom stereocenters. The van der Waals surface area contributed by atoms with Crippen molar-refractivity contribution in [1.29, 1.82) is 0 Å². The predicted octanol–water partition coefficient (Wildman–Crippen LogP) is 5.77. The van der Waals surface area contributed by atoms with E-state index in [1.165, 1.54) is 6.07 Å². The van der Waals surface area contributed by atoms with Crippen LogP contribution in [-0.4, -0.2) is 101 Å². The second-order valence-corrected chi connectivity index (χ2v) is 18.8. The molecule has 2 aliphatic heterocycles. The minimum atomic E-state index is -4.52. The van der Waals surface area contributed by atoms with Crippen LogP contribution < -0.4 is 31.1 Å². The molecule has 3 aromatic carbocycles. The Morgan fingerprint density at radius 3 is 1.60 bits per heavy atom. The van der Waals surface area contributed by atoms with Gasteiger partial charge in [-0.3, -0.25) is 14.5 Å². The van der Waals surface area contributed by atoms with Crippen molar-refractivity contribution in [1.82, 2.24) is 69.5 Å². The van der Waals surface area contributed by atoms with Crippen molar-refractivity contribution in [2.24, 2.45) is 0 Å². The van der Waals surface area contributed by atoms with Gasteiger partial charge < -0.3 is 46.3 Å². The number of rotatable bonds is 11. The van der Waals surface area contributed by atoms with Gasteiger partial charge in [-0.1, -0.05) is 67.4 Å². The zero-order valence-electron chi connectivity index (χ0n) is 38.0. The molecule has 1 radical (unpaired) electrons. The number of aromatic nitrogens is 13. The van der Waals surface area contributed by atoms with Gasteiger partial charge in [0.05, 0.1) is 45.4 Å². The molecule has 29 heteroatoms. The van der Waals surface area contributed by atoms with Gasteiger partial charge in [0, 0.05) is 59.2 Å². The summed E-state index contributed by atoms with van der Waals surface area (Å²) in [5.74, 6) is 1.52. The number of pyridine rings is 2. The van der Waals surface area contributed by atoms with Crippen molar-refractivity contribution in [3.8, 4) is 45.8 Å². The summed E-state index contributed by atoms with van der Waals surface area (Å²) in [5, 5.41) is 20.7. The van der Waals surface area contributed by atoms with Crippen molar-refractivity contribution in [2.45, 2.75) is 23.6 Å². The molecule has 73 heavy (non-hydrogen) atoms. The topological polar surface area (TPSA) is 359 Å². The van der Waals surface area contributed by atoms with Crippen LogP contribution in [0, 0.1) is 0 Å². The second kappa shape index (κ2) is 22.0. The number of nitrogens with two attached hydrogens (primary N) is 1. The zero-order chi connectivity index (χ0) is 50.6. The first-order chi connectivity index (χ1) is 34.8. The molecule has 0 unspecified atom stereocenters. The van der Waals surface area contributed by atoms with Crippen LogP contribution in [0.2, 0.25) is 0 Å². The van der Waals surface area contributed by atoms with Gasteiger partial charge in [-0.15, -0.1) is 4.33 Å². The smallest absolute Gasteiger partial charge is 0.368 e. The molecular weight excluding hydrogens is 1050 g/mol. The van der Waals surface area contributed by atoms with Crippen LogP contribution in [0.25, 0.3) is 89.9 Å². The molecule has 25 nitrogen and oxygen atoms in total. The van der Waals surface area contributed by atoms with E-state index in [0.29, 0.717) is 69.3 Å². The van der Waals surface area contributed by atoms with Gasteiger partial charge in [0.25, 0.3) is 10.1 Å². The van der Waals surface area contributed by atoms with E-state index in [1.807, 2.05) is 86.6 Å². The number of anilines is 4. The quantitative estimate of drug-likeness (QED) is 0.0223. The molecule has 375 valence electrons. The number of sulfonamides is 1. The van der Waals surface area contributed by atoms with Gasteiger partial charge in [0.15, 0.2) is 0 Å². The molecule has 8 heterocycles. The molecule has 0 saturated heterocycles. The Balaban J connectivity index is 0.000000195. The molecule has 7 N–H and O–H groups in total. The number of fused-ring (bicyclic) bond motifs is 20. The van der Waals surface area contributed by atoms with Gasteiger partial charge in [-0.05, 0) is 64.0 Å². The van der Waals surface area contributed by atoms with Crippen molar-refractivity contribution in [2.75, 3.05) is 35.7 Å². The Morgan fingerprint density at radius 1 is 0.630 bits per heavy atom. The average Bonchev–Trinajstić information content (AvgIpc) is 4.11. The van der Waals surface area contributed by atoms with Gasteiger partial charge in [0.1, 0.15) is 23.0 Å². The van der Waals surface area contributed by atoms with Crippen LogP contribution in [0.15, 0.2) is 113 Å². The third-order valence-electron chi connectivity index (χ3n) is 10.1. The summed E-state index contributed by atoms with van der Waals surface area (Å²) in [6.45, 7) is 4.19. The second-order valence-electron chi connectivity index (χ2n) is 14.8. The monoisotopic (exact) mass is 1090 g/mol. The average molecular weight is 1090 g/mol. The molecule has 11 rings (SSSR count). The fourth-order valence-electron chi connectivity index (χ4n) is 7.16. The fourth-order valence-corrected chi connectivity index (χ4v) is 8.57. The molecule has 2 aliphatic rings. The molecule has 0 aliphatic carbocycles. The van der Waals surface area contributed by atoms with Crippen LogP contribution in [0.1, 0.15) is 13.8 Å². The molecular formula is C44H37CuN17O8S3. The predicted molar refractivity (Wildman–Crippen MR) is 267 cm³/mol. The van der Waals surface area contributed by atoms with E-state index in [1.54, 1.807) is 12.4 Å². The number of nitrogens with one attached hydrogen (secondary N) is 3. The van der Waals surface area contributed by atoms with Crippen LogP contribution >= 0.6 is 12.0 Å². The van der Waals surface area contributed by atoms with Gasteiger partial charge >= 0.3 is 17.1 Å².